The minimum absolute atomic E-state index is 0.254. The van der Waals surface area contributed by atoms with E-state index in [0.29, 0.717) is 22.6 Å². The summed E-state index contributed by atoms with van der Waals surface area (Å²) in [7, 11) is 0. The van der Waals surface area contributed by atoms with Gasteiger partial charge in [-0.1, -0.05) is 48.5 Å². The van der Waals surface area contributed by atoms with Crippen LogP contribution in [0.3, 0.4) is 0 Å². The van der Waals surface area contributed by atoms with Gasteiger partial charge in [0.2, 0.25) is 5.82 Å². The Morgan fingerprint density at radius 3 is 2.53 bits per heavy atom. The summed E-state index contributed by atoms with van der Waals surface area (Å²) in [5, 5.41) is 16.6. The molecule has 30 heavy (non-hydrogen) atoms. The lowest BCUT2D eigenvalue weighted by atomic mass is 10.1. The van der Waals surface area contributed by atoms with Gasteiger partial charge in [0.1, 0.15) is 0 Å². The molecule has 0 atom stereocenters. The smallest absolute Gasteiger partial charge is 0.257 e. The van der Waals surface area contributed by atoms with Crippen LogP contribution >= 0.6 is 0 Å². The van der Waals surface area contributed by atoms with Gasteiger partial charge in [0, 0.05) is 17.1 Å². The average Bonchev–Trinajstić information content (AvgIpc) is 3.30. The van der Waals surface area contributed by atoms with Crippen LogP contribution in [0.15, 0.2) is 91.1 Å². The average molecular weight is 392 g/mol. The van der Waals surface area contributed by atoms with Gasteiger partial charge in [0.15, 0.2) is 0 Å². The van der Waals surface area contributed by atoms with Crippen LogP contribution in [0.1, 0.15) is 10.4 Å². The standard InChI is InChI=1S/C23H16N6O/c30-23(17-14-16-8-4-6-12-20(16)24-15-17)25-21-13-7-5-11-19(21)22-26-28-29(27-22)18-9-2-1-3-10-18/h1-15H,(H,25,30). The molecule has 7 nitrogen and oxygen atoms in total. The normalized spacial score (nSPS) is 10.8. The van der Waals surface area contributed by atoms with Gasteiger partial charge in [-0.2, -0.15) is 0 Å². The second-order valence-corrected chi connectivity index (χ2v) is 6.65. The zero-order valence-electron chi connectivity index (χ0n) is 15.8. The molecule has 0 spiro atoms. The summed E-state index contributed by atoms with van der Waals surface area (Å²) in [4.78, 5) is 18.7. The first-order valence-electron chi connectivity index (χ1n) is 9.39. The Bertz CT molecular complexity index is 1350. The van der Waals surface area contributed by atoms with Gasteiger partial charge < -0.3 is 5.32 Å². The third-order valence-corrected chi connectivity index (χ3v) is 4.67. The molecular weight excluding hydrogens is 376 g/mol. The molecule has 0 aliphatic rings. The van der Waals surface area contributed by atoms with E-state index in [4.69, 9.17) is 0 Å². The molecule has 0 radical (unpaired) electrons. The van der Waals surface area contributed by atoms with Crippen LogP contribution in [0, 0.1) is 0 Å². The maximum atomic E-state index is 12.9. The monoisotopic (exact) mass is 392 g/mol. The SMILES string of the molecule is O=C(Nc1ccccc1-c1nnn(-c2ccccc2)n1)c1cnc2ccccc2c1. The number of nitrogens with zero attached hydrogens (tertiary/aromatic N) is 5. The summed E-state index contributed by atoms with van der Waals surface area (Å²) < 4.78 is 0. The molecule has 0 fully saturated rings. The van der Waals surface area contributed by atoms with E-state index in [1.165, 1.54) is 4.80 Å². The van der Waals surface area contributed by atoms with Crippen molar-refractivity contribution in [2.75, 3.05) is 5.32 Å². The Morgan fingerprint density at radius 1 is 0.867 bits per heavy atom. The first kappa shape index (κ1) is 17.7. The summed E-state index contributed by atoms with van der Waals surface area (Å²) >= 11 is 0. The number of benzene rings is 3. The number of hydrogen-bond acceptors (Lipinski definition) is 5. The number of rotatable bonds is 4. The molecule has 0 aliphatic carbocycles. The zero-order chi connectivity index (χ0) is 20.3. The summed E-state index contributed by atoms with van der Waals surface area (Å²) in [6.07, 6.45) is 1.57. The first-order valence-corrected chi connectivity index (χ1v) is 9.39. The van der Waals surface area contributed by atoms with Gasteiger partial charge in [-0.05, 0) is 41.6 Å². The van der Waals surface area contributed by atoms with Gasteiger partial charge in [0.25, 0.3) is 5.91 Å². The molecule has 7 heteroatoms. The van der Waals surface area contributed by atoms with Crippen molar-refractivity contribution in [3.05, 3.63) is 96.7 Å². The maximum Gasteiger partial charge on any atom is 0.257 e. The predicted molar refractivity (Wildman–Crippen MR) is 114 cm³/mol. The lowest BCUT2D eigenvalue weighted by Gasteiger charge is -2.09. The molecule has 0 unspecified atom stereocenters. The summed E-state index contributed by atoms with van der Waals surface area (Å²) in [6, 6.07) is 26.4. The zero-order valence-corrected chi connectivity index (χ0v) is 15.8. The van der Waals surface area contributed by atoms with Crippen molar-refractivity contribution in [3.8, 4) is 17.1 Å². The van der Waals surface area contributed by atoms with E-state index in [1.54, 1.807) is 6.20 Å². The Morgan fingerprint density at radius 2 is 1.63 bits per heavy atom. The van der Waals surface area contributed by atoms with Gasteiger partial charge >= 0.3 is 0 Å². The Labute approximate surface area is 172 Å². The fourth-order valence-electron chi connectivity index (χ4n) is 3.17. The van der Waals surface area contributed by atoms with E-state index >= 15 is 0 Å². The Balaban J connectivity index is 1.45. The molecule has 144 valence electrons. The van der Waals surface area contributed by atoms with Gasteiger partial charge in [-0.3, -0.25) is 9.78 Å². The molecule has 5 rings (SSSR count). The molecule has 2 aromatic heterocycles. The minimum Gasteiger partial charge on any atom is -0.321 e. The molecular formula is C23H16N6O. The number of pyridine rings is 1. The summed E-state index contributed by atoms with van der Waals surface area (Å²) in [6.45, 7) is 0. The minimum atomic E-state index is -0.254. The molecule has 2 heterocycles. The maximum absolute atomic E-state index is 12.9. The van der Waals surface area contributed by atoms with Crippen molar-refractivity contribution in [1.29, 1.82) is 0 Å². The Kier molecular flexibility index (Phi) is 4.46. The predicted octanol–water partition coefficient (Wildman–Crippen LogP) is 4.13. The number of tetrazole rings is 1. The van der Waals surface area contributed by atoms with Crippen molar-refractivity contribution in [2.45, 2.75) is 0 Å². The molecule has 1 amide bonds. The number of fused-ring (bicyclic) bond motifs is 1. The van der Waals surface area contributed by atoms with Crippen LogP contribution in [0.5, 0.6) is 0 Å². The molecule has 0 saturated carbocycles. The molecule has 5 aromatic rings. The third-order valence-electron chi connectivity index (χ3n) is 4.67. The molecule has 3 aromatic carbocycles. The lowest BCUT2D eigenvalue weighted by molar-refractivity contribution is 0.102. The number of hydrogen-bond donors (Lipinski definition) is 1. The molecule has 0 saturated heterocycles. The quantitative estimate of drug-likeness (QED) is 0.497. The molecule has 1 N–H and O–H groups in total. The highest BCUT2D eigenvalue weighted by Crippen LogP contribution is 2.25. The van der Waals surface area contributed by atoms with E-state index in [0.717, 1.165) is 16.6 Å². The molecule has 0 bridgehead atoms. The second kappa shape index (κ2) is 7.56. The third kappa shape index (κ3) is 3.40. The van der Waals surface area contributed by atoms with Crippen LogP contribution in [0.4, 0.5) is 5.69 Å². The highest BCUT2D eigenvalue weighted by molar-refractivity contribution is 6.07. The van der Waals surface area contributed by atoms with Gasteiger partial charge in [-0.15, -0.1) is 15.0 Å². The first-order chi connectivity index (χ1) is 14.8. The van der Waals surface area contributed by atoms with E-state index in [9.17, 15) is 4.79 Å². The second-order valence-electron chi connectivity index (χ2n) is 6.65. The van der Waals surface area contributed by atoms with Crippen LogP contribution < -0.4 is 5.32 Å². The van der Waals surface area contributed by atoms with E-state index < -0.39 is 0 Å². The fraction of sp³-hybridized carbons (Fsp3) is 0. The van der Waals surface area contributed by atoms with E-state index in [-0.39, 0.29) is 5.91 Å². The highest BCUT2D eigenvalue weighted by Gasteiger charge is 2.15. The van der Waals surface area contributed by atoms with Crippen molar-refractivity contribution in [2.24, 2.45) is 0 Å². The van der Waals surface area contributed by atoms with Gasteiger partial charge in [0.05, 0.1) is 22.5 Å². The number of nitrogens with one attached hydrogen (secondary N) is 1. The number of carbonyl (C=O) groups is 1. The van der Waals surface area contributed by atoms with E-state index in [2.05, 4.69) is 25.7 Å². The Hall–Kier alpha value is -4.39. The number of aromatic nitrogens is 5. The topological polar surface area (TPSA) is 85.6 Å². The van der Waals surface area contributed by atoms with Crippen molar-refractivity contribution in [3.63, 3.8) is 0 Å². The molecule has 0 aliphatic heterocycles. The lowest BCUT2D eigenvalue weighted by Crippen LogP contribution is -2.13. The van der Waals surface area contributed by atoms with Crippen molar-refractivity contribution in [1.82, 2.24) is 25.2 Å². The summed E-state index contributed by atoms with van der Waals surface area (Å²) in [5.74, 6) is 0.169. The van der Waals surface area contributed by atoms with Crippen molar-refractivity contribution >= 4 is 22.5 Å². The number of anilines is 1. The van der Waals surface area contributed by atoms with Crippen LogP contribution in [-0.2, 0) is 0 Å². The van der Waals surface area contributed by atoms with Gasteiger partial charge in [-0.25, -0.2) is 0 Å². The van der Waals surface area contributed by atoms with Crippen molar-refractivity contribution < 1.29 is 4.79 Å². The number of carbonyl (C=O) groups excluding carboxylic acids is 1. The van der Waals surface area contributed by atoms with Crippen LogP contribution in [0.2, 0.25) is 0 Å². The largest absolute Gasteiger partial charge is 0.321 e. The van der Waals surface area contributed by atoms with Crippen LogP contribution in [0.25, 0.3) is 28.0 Å². The summed E-state index contributed by atoms with van der Waals surface area (Å²) in [5.41, 5.74) is 3.41. The highest BCUT2D eigenvalue weighted by atomic mass is 16.1. The number of amides is 1. The fourth-order valence-corrected chi connectivity index (χ4v) is 3.17. The van der Waals surface area contributed by atoms with Crippen LogP contribution in [-0.4, -0.2) is 31.1 Å². The van der Waals surface area contributed by atoms with E-state index in [1.807, 2.05) is 84.9 Å². The number of para-hydroxylation sites is 3.